The van der Waals surface area contributed by atoms with E-state index in [9.17, 15) is 5.02 Å². The summed E-state index contributed by atoms with van der Waals surface area (Å²) in [7, 11) is 2.52. The molecule has 1 N–H and O–H groups in total. The van der Waals surface area contributed by atoms with Gasteiger partial charge >= 0.3 is 7.25 Å². The smallest absolute Gasteiger partial charge is 0.492 e. The zero-order chi connectivity index (χ0) is 13.4. The molecule has 0 unspecified atom stereocenters. The molecule has 19 heavy (non-hydrogen) atoms. The van der Waals surface area contributed by atoms with E-state index in [1.165, 1.54) is 0 Å². The van der Waals surface area contributed by atoms with E-state index in [2.05, 4.69) is 0 Å². The van der Waals surface area contributed by atoms with E-state index in [0.29, 0.717) is 23.8 Å². The van der Waals surface area contributed by atoms with Crippen LogP contribution in [0.5, 0.6) is 17.2 Å². The Labute approximate surface area is 112 Å². The van der Waals surface area contributed by atoms with Crippen LogP contribution in [-0.4, -0.2) is 44.6 Å². The molecule has 7 heteroatoms. The largest absolute Gasteiger partial charge is 0.554 e. The van der Waals surface area contributed by atoms with Crippen molar-refractivity contribution < 1.29 is 23.9 Å². The summed E-state index contributed by atoms with van der Waals surface area (Å²) in [6.07, 6.45) is 0.791. The lowest BCUT2D eigenvalue weighted by Crippen LogP contribution is -2.41. The summed E-state index contributed by atoms with van der Waals surface area (Å²) in [6, 6.07) is 1.97. The molecule has 0 saturated heterocycles. The van der Waals surface area contributed by atoms with E-state index in [0.717, 1.165) is 17.5 Å². The summed E-state index contributed by atoms with van der Waals surface area (Å²) >= 11 is 0. The summed E-state index contributed by atoms with van der Waals surface area (Å²) in [5.74, 6) is 1.97. The fraction of sp³-hybridized carbons (Fsp3) is 0.500. The standard InChI is InChI=1S/C12H16BNO5/c1-14-4-3-8-5-10-12(18-7-17-10)11(16-2)9(8)6-19-13(14)15/h5,15H,3-4,6-7H2,1-2H3. The van der Waals surface area contributed by atoms with Gasteiger partial charge in [-0.3, -0.25) is 4.81 Å². The van der Waals surface area contributed by atoms with Crippen LogP contribution in [0.1, 0.15) is 11.1 Å². The average molecular weight is 265 g/mol. The fourth-order valence-electron chi connectivity index (χ4n) is 2.39. The average Bonchev–Trinajstić information content (AvgIpc) is 2.87. The molecule has 0 fully saturated rings. The van der Waals surface area contributed by atoms with Crippen LogP contribution in [-0.2, 0) is 17.7 Å². The summed E-state index contributed by atoms with van der Waals surface area (Å²) in [5, 5.41) is 9.77. The van der Waals surface area contributed by atoms with Gasteiger partial charge in [-0.05, 0) is 31.6 Å². The first-order valence-electron chi connectivity index (χ1n) is 6.19. The van der Waals surface area contributed by atoms with Crippen molar-refractivity contribution in [3.05, 3.63) is 17.2 Å². The Morgan fingerprint density at radius 3 is 3.05 bits per heavy atom. The normalized spacial score (nSPS) is 18.8. The summed E-state index contributed by atoms with van der Waals surface area (Å²) in [4.78, 5) is 1.75. The van der Waals surface area contributed by atoms with Gasteiger partial charge in [-0.25, -0.2) is 0 Å². The van der Waals surface area contributed by atoms with Crippen LogP contribution in [0.3, 0.4) is 0 Å². The number of hydrogen-bond donors (Lipinski definition) is 1. The van der Waals surface area contributed by atoms with Crippen LogP contribution in [0.4, 0.5) is 0 Å². The van der Waals surface area contributed by atoms with E-state index in [1.54, 1.807) is 11.9 Å². The van der Waals surface area contributed by atoms with Gasteiger partial charge in [0.15, 0.2) is 11.5 Å². The van der Waals surface area contributed by atoms with Gasteiger partial charge in [0.2, 0.25) is 12.5 Å². The number of rotatable bonds is 1. The predicted molar refractivity (Wildman–Crippen MR) is 68.2 cm³/mol. The van der Waals surface area contributed by atoms with Gasteiger partial charge in [0.05, 0.1) is 13.7 Å². The Bertz CT molecular complexity index is 495. The molecule has 0 bridgehead atoms. The Hall–Kier alpha value is -1.44. The zero-order valence-corrected chi connectivity index (χ0v) is 11.0. The number of nitrogens with zero attached hydrogens (tertiary/aromatic N) is 1. The summed E-state index contributed by atoms with van der Waals surface area (Å²) in [6.45, 7) is 1.18. The lowest BCUT2D eigenvalue weighted by Gasteiger charge is -2.25. The molecule has 1 aromatic rings. The highest BCUT2D eigenvalue weighted by molar-refractivity contribution is 6.39. The zero-order valence-electron chi connectivity index (χ0n) is 11.0. The van der Waals surface area contributed by atoms with Crippen molar-refractivity contribution in [2.75, 3.05) is 27.5 Å². The van der Waals surface area contributed by atoms with Crippen molar-refractivity contribution in [3.8, 4) is 17.2 Å². The summed E-state index contributed by atoms with van der Waals surface area (Å²) < 4.78 is 21.7. The molecular weight excluding hydrogens is 249 g/mol. The molecule has 3 rings (SSSR count). The second-order valence-corrected chi connectivity index (χ2v) is 4.65. The molecule has 0 radical (unpaired) electrons. The second-order valence-electron chi connectivity index (χ2n) is 4.65. The number of ether oxygens (including phenoxy) is 3. The first-order valence-corrected chi connectivity index (χ1v) is 6.19. The van der Waals surface area contributed by atoms with Gasteiger partial charge in [0.1, 0.15) is 0 Å². The van der Waals surface area contributed by atoms with E-state index in [1.807, 2.05) is 13.1 Å². The first-order chi connectivity index (χ1) is 9.20. The molecule has 2 heterocycles. The molecule has 0 atom stereocenters. The third-order valence-electron chi connectivity index (χ3n) is 3.51. The van der Waals surface area contributed by atoms with Gasteiger partial charge in [-0.2, -0.15) is 0 Å². The highest BCUT2D eigenvalue weighted by Gasteiger charge is 2.29. The molecule has 2 aliphatic heterocycles. The third kappa shape index (κ3) is 2.14. The van der Waals surface area contributed by atoms with Crippen LogP contribution in [0.2, 0.25) is 0 Å². The van der Waals surface area contributed by atoms with Gasteiger partial charge in [0.25, 0.3) is 0 Å². The van der Waals surface area contributed by atoms with Gasteiger partial charge in [-0.15, -0.1) is 0 Å². The Balaban J connectivity index is 2.04. The molecule has 102 valence electrons. The lowest BCUT2D eigenvalue weighted by molar-refractivity contribution is 0.169. The minimum atomic E-state index is -0.900. The summed E-state index contributed by atoms with van der Waals surface area (Å²) in [5.41, 5.74) is 2.01. The van der Waals surface area contributed by atoms with Gasteiger partial charge < -0.3 is 23.9 Å². The predicted octanol–water partition coefficient (Wildman–Crippen LogP) is 0.406. The third-order valence-corrected chi connectivity index (χ3v) is 3.51. The van der Waals surface area contributed by atoms with Crippen LogP contribution < -0.4 is 14.2 Å². The van der Waals surface area contributed by atoms with Crippen LogP contribution in [0, 0.1) is 0 Å². The Morgan fingerprint density at radius 2 is 2.26 bits per heavy atom. The maximum Gasteiger partial charge on any atom is 0.554 e. The van der Waals surface area contributed by atoms with Crippen molar-refractivity contribution in [1.29, 1.82) is 0 Å². The minimum absolute atomic E-state index is 0.206. The number of fused-ring (bicyclic) bond motifs is 2. The number of methoxy groups -OCH3 is 1. The van der Waals surface area contributed by atoms with E-state index >= 15 is 0 Å². The number of hydrogen-bond acceptors (Lipinski definition) is 6. The molecule has 0 aliphatic carbocycles. The molecule has 0 amide bonds. The van der Waals surface area contributed by atoms with E-state index < -0.39 is 7.25 Å². The van der Waals surface area contributed by atoms with Gasteiger partial charge in [-0.1, -0.05) is 0 Å². The maximum absolute atomic E-state index is 9.77. The van der Waals surface area contributed by atoms with Crippen LogP contribution in [0.15, 0.2) is 6.07 Å². The minimum Gasteiger partial charge on any atom is -0.492 e. The van der Waals surface area contributed by atoms with Crippen molar-refractivity contribution in [1.82, 2.24) is 4.81 Å². The molecule has 6 nitrogen and oxygen atoms in total. The monoisotopic (exact) mass is 265 g/mol. The molecule has 0 saturated carbocycles. The second kappa shape index (κ2) is 4.92. The van der Waals surface area contributed by atoms with Gasteiger partial charge in [0, 0.05) is 5.56 Å². The van der Waals surface area contributed by atoms with Crippen LogP contribution in [0.25, 0.3) is 0 Å². The number of benzene rings is 1. The molecule has 1 aromatic carbocycles. The van der Waals surface area contributed by atoms with Crippen molar-refractivity contribution >= 4 is 7.25 Å². The number of likely N-dealkylation sites (N-methyl/N-ethyl adjacent to an activating group) is 1. The maximum atomic E-state index is 9.77. The van der Waals surface area contributed by atoms with Crippen LogP contribution >= 0.6 is 0 Å². The quantitative estimate of drug-likeness (QED) is 0.742. The first kappa shape index (κ1) is 12.6. The highest BCUT2D eigenvalue weighted by atomic mass is 16.7. The van der Waals surface area contributed by atoms with Crippen molar-refractivity contribution in [2.45, 2.75) is 13.0 Å². The molecular formula is C12H16BNO5. The Morgan fingerprint density at radius 1 is 1.42 bits per heavy atom. The fourth-order valence-corrected chi connectivity index (χ4v) is 2.39. The highest BCUT2D eigenvalue weighted by Crippen LogP contribution is 2.45. The SMILES string of the molecule is COc1c2c(cc3c1OCO3)CCN(C)B(O)OC2. The van der Waals surface area contributed by atoms with E-state index in [-0.39, 0.29) is 13.4 Å². The molecule has 0 spiro atoms. The molecule has 2 aliphatic rings. The van der Waals surface area contributed by atoms with Crippen molar-refractivity contribution in [2.24, 2.45) is 0 Å². The van der Waals surface area contributed by atoms with Crippen molar-refractivity contribution in [3.63, 3.8) is 0 Å². The topological polar surface area (TPSA) is 60.4 Å². The van der Waals surface area contributed by atoms with E-state index in [4.69, 9.17) is 18.9 Å². The molecule has 0 aromatic heterocycles. The lowest BCUT2D eigenvalue weighted by atomic mass is 9.97. The Kier molecular flexibility index (Phi) is 3.26.